The Morgan fingerprint density at radius 1 is 1.13 bits per heavy atom. The van der Waals surface area contributed by atoms with Gasteiger partial charge in [-0.3, -0.25) is 9.78 Å². The number of rotatable bonds is 10. The zero-order chi connectivity index (χ0) is 21.9. The summed E-state index contributed by atoms with van der Waals surface area (Å²) in [4.78, 5) is 19.2. The second-order valence-corrected chi connectivity index (χ2v) is 6.93. The molecule has 158 valence electrons. The molecule has 0 unspecified atom stereocenters. The molecule has 0 spiro atoms. The topological polar surface area (TPSA) is 103 Å². The van der Waals surface area contributed by atoms with Crippen molar-refractivity contribution in [3.63, 3.8) is 0 Å². The minimum atomic E-state index is -0.523. The third-order valence-electron chi connectivity index (χ3n) is 4.63. The van der Waals surface area contributed by atoms with Gasteiger partial charge in [-0.1, -0.05) is 68.7 Å². The van der Waals surface area contributed by atoms with E-state index in [1.165, 1.54) is 12.8 Å². The number of hydrogen-bond donors (Lipinski definition) is 2. The molecule has 7 nitrogen and oxygen atoms in total. The van der Waals surface area contributed by atoms with Crippen molar-refractivity contribution in [2.45, 2.75) is 32.6 Å². The normalized spacial score (nSPS) is 10.7. The highest BCUT2D eigenvalue weighted by Crippen LogP contribution is 2.20. The molecule has 0 amide bonds. The average Bonchev–Trinajstić information content (AvgIpc) is 2.80. The lowest BCUT2D eigenvalue weighted by Gasteiger charge is -2.09. The van der Waals surface area contributed by atoms with Gasteiger partial charge in [0.25, 0.3) is 5.56 Å². The SMILES string of the molecule is CCCCCCOc1ccccc1C=NNc1nc(-c2ccccc2)c(C#N)c(=O)[nH]1. The van der Waals surface area contributed by atoms with Crippen LogP contribution in [0.4, 0.5) is 5.95 Å². The Balaban J connectivity index is 1.74. The van der Waals surface area contributed by atoms with Crippen LogP contribution >= 0.6 is 0 Å². The molecule has 0 saturated heterocycles. The molecular weight excluding hydrogens is 390 g/mol. The summed E-state index contributed by atoms with van der Waals surface area (Å²) < 4.78 is 5.88. The molecule has 0 atom stereocenters. The van der Waals surface area contributed by atoms with Gasteiger partial charge in [-0.15, -0.1) is 0 Å². The number of anilines is 1. The molecule has 2 aromatic carbocycles. The number of nitriles is 1. The molecule has 0 aliphatic heterocycles. The van der Waals surface area contributed by atoms with Crippen LogP contribution in [0.25, 0.3) is 11.3 Å². The summed E-state index contributed by atoms with van der Waals surface area (Å²) in [6.45, 7) is 2.83. The van der Waals surface area contributed by atoms with Crippen LogP contribution in [-0.4, -0.2) is 22.8 Å². The fraction of sp³-hybridized carbons (Fsp3) is 0.250. The maximum Gasteiger partial charge on any atom is 0.270 e. The van der Waals surface area contributed by atoms with Crippen LogP contribution in [0.15, 0.2) is 64.5 Å². The molecule has 3 rings (SSSR count). The summed E-state index contributed by atoms with van der Waals surface area (Å²) in [5.41, 5.74) is 3.98. The molecular formula is C24H25N5O2. The highest BCUT2D eigenvalue weighted by atomic mass is 16.5. The Morgan fingerprint density at radius 2 is 1.90 bits per heavy atom. The predicted molar refractivity (Wildman–Crippen MR) is 122 cm³/mol. The number of benzene rings is 2. The van der Waals surface area contributed by atoms with Crippen molar-refractivity contribution >= 4 is 12.2 Å². The van der Waals surface area contributed by atoms with Gasteiger partial charge in [0.05, 0.1) is 18.5 Å². The van der Waals surface area contributed by atoms with E-state index < -0.39 is 5.56 Å². The molecule has 1 aromatic heterocycles. The number of nitrogens with zero attached hydrogens (tertiary/aromatic N) is 3. The first-order valence-corrected chi connectivity index (χ1v) is 10.3. The maximum absolute atomic E-state index is 12.3. The average molecular weight is 415 g/mol. The molecule has 3 aromatic rings. The van der Waals surface area contributed by atoms with E-state index in [1.807, 2.05) is 48.5 Å². The van der Waals surface area contributed by atoms with E-state index in [4.69, 9.17) is 4.74 Å². The molecule has 0 radical (unpaired) electrons. The molecule has 1 heterocycles. The number of nitrogens with one attached hydrogen (secondary N) is 2. The summed E-state index contributed by atoms with van der Waals surface area (Å²) in [6.07, 6.45) is 6.16. The summed E-state index contributed by atoms with van der Waals surface area (Å²) in [5.74, 6) is 0.896. The first-order valence-electron chi connectivity index (χ1n) is 10.3. The number of hydrogen-bond acceptors (Lipinski definition) is 6. The molecule has 0 bridgehead atoms. The minimum absolute atomic E-state index is 0.0393. The molecule has 0 saturated carbocycles. The zero-order valence-electron chi connectivity index (χ0n) is 17.5. The van der Waals surface area contributed by atoms with Gasteiger partial charge in [0, 0.05) is 11.1 Å². The molecule has 0 fully saturated rings. The van der Waals surface area contributed by atoms with Crippen molar-refractivity contribution < 1.29 is 4.74 Å². The van der Waals surface area contributed by atoms with Gasteiger partial charge in [0.2, 0.25) is 5.95 Å². The lowest BCUT2D eigenvalue weighted by molar-refractivity contribution is 0.304. The van der Waals surface area contributed by atoms with E-state index >= 15 is 0 Å². The third kappa shape index (κ3) is 6.03. The van der Waals surface area contributed by atoms with Gasteiger partial charge < -0.3 is 4.74 Å². The van der Waals surface area contributed by atoms with Gasteiger partial charge in [0.1, 0.15) is 17.4 Å². The summed E-state index contributed by atoms with van der Waals surface area (Å²) >= 11 is 0. The maximum atomic E-state index is 12.3. The predicted octanol–water partition coefficient (Wildman–Crippen LogP) is 4.71. The van der Waals surface area contributed by atoms with Crippen molar-refractivity contribution in [2.75, 3.05) is 12.0 Å². The minimum Gasteiger partial charge on any atom is -0.493 e. The lowest BCUT2D eigenvalue weighted by Crippen LogP contribution is -2.16. The van der Waals surface area contributed by atoms with Crippen molar-refractivity contribution in [2.24, 2.45) is 5.10 Å². The Bertz CT molecular complexity index is 1120. The fourth-order valence-electron chi connectivity index (χ4n) is 3.03. The van der Waals surface area contributed by atoms with Gasteiger partial charge in [-0.05, 0) is 18.6 Å². The number of hydrazone groups is 1. The van der Waals surface area contributed by atoms with E-state index in [0.717, 1.165) is 24.2 Å². The first-order chi connectivity index (χ1) is 15.2. The van der Waals surface area contributed by atoms with E-state index in [0.29, 0.717) is 17.9 Å². The van der Waals surface area contributed by atoms with E-state index in [9.17, 15) is 10.1 Å². The van der Waals surface area contributed by atoms with Crippen molar-refractivity contribution in [3.05, 3.63) is 76.1 Å². The Hall–Kier alpha value is -3.92. The first kappa shape index (κ1) is 21.8. The standard InChI is InChI=1S/C24H25N5O2/c1-2-3-4-10-15-31-21-14-9-8-13-19(21)17-26-29-24-27-22(18-11-6-5-7-12-18)20(16-25)23(30)28-24/h5-9,11-14,17H,2-4,10,15H2,1H3,(H2,27,28,29,30). The Kier molecular flexibility index (Phi) is 7.95. The zero-order valence-corrected chi connectivity index (χ0v) is 17.5. The second kappa shape index (κ2) is 11.3. The van der Waals surface area contributed by atoms with E-state index in [2.05, 4.69) is 27.4 Å². The van der Waals surface area contributed by atoms with Crippen LogP contribution in [0, 0.1) is 11.3 Å². The summed E-state index contributed by atoms with van der Waals surface area (Å²) in [7, 11) is 0. The van der Waals surface area contributed by atoms with Gasteiger partial charge >= 0.3 is 0 Å². The number of unbranched alkanes of at least 4 members (excludes halogenated alkanes) is 3. The lowest BCUT2D eigenvalue weighted by atomic mass is 10.1. The van der Waals surface area contributed by atoms with Gasteiger partial charge in [-0.2, -0.15) is 10.4 Å². The third-order valence-corrected chi connectivity index (χ3v) is 4.63. The van der Waals surface area contributed by atoms with Crippen LogP contribution in [0.5, 0.6) is 5.75 Å². The van der Waals surface area contributed by atoms with Crippen LogP contribution in [-0.2, 0) is 0 Å². The van der Waals surface area contributed by atoms with Crippen LogP contribution < -0.4 is 15.7 Å². The summed E-state index contributed by atoms with van der Waals surface area (Å²) in [5, 5.41) is 13.5. The highest BCUT2D eigenvalue weighted by Gasteiger charge is 2.12. The molecule has 2 N–H and O–H groups in total. The molecule has 0 aliphatic rings. The Labute approximate surface area is 181 Å². The Morgan fingerprint density at radius 3 is 2.68 bits per heavy atom. The van der Waals surface area contributed by atoms with Crippen molar-refractivity contribution in [1.29, 1.82) is 5.26 Å². The molecule has 7 heteroatoms. The monoisotopic (exact) mass is 415 g/mol. The van der Waals surface area contributed by atoms with Gasteiger partial charge in [0.15, 0.2) is 0 Å². The number of aromatic nitrogens is 2. The summed E-state index contributed by atoms with van der Waals surface area (Å²) in [6, 6.07) is 18.6. The van der Waals surface area contributed by atoms with E-state index in [1.54, 1.807) is 18.3 Å². The number of aromatic amines is 1. The highest BCUT2D eigenvalue weighted by molar-refractivity contribution is 5.83. The quantitative estimate of drug-likeness (QED) is 0.283. The number of H-pyrrole nitrogens is 1. The fourth-order valence-corrected chi connectivity index (χ4v) is 3.03. The number of para-hydroxylation sites is 1. The molecule has 0 aliphatic carbocycles. The second-order valence-electron chi connectivity index (χ2n) is 6.93. The van der Waals surface area contributed by atoms with Crippen molar-refractivity contribution in [3.8, 4) is 23.1 Å². The van der Waals surface area contributed by atoms with Crippen LogP contribution in [0.2, 0.25) is 0 Å². The van der Waals surface area contributed by atoms with Crippen LogP contribution in [0.3, 0.4) is 0 Å². The van der Waals surface area contributed by atoms with Crippen molar-refractivity contribution in [1.82, 2.24) is 9.97 Å². The van der Waals surface area contributed by atoms with Crippen LogP contribution in [0.1, 0.15) is 43.7 Å². The van der Waals surface area contributed by atoms with E-state index in [-0.39, 0.29) is 11.5 Å². The largest absolute Gasteiger partial charge is 0.493 e. The molecule has 31 heavy (non-hydrogen) atoms. The number of ether oxygens (including phenoxy) is 1. The smallest absolute Gasteiger partial charge is 0.270 e. The van der Waals surface area contributed by atoms with Gasteiger partial charge in [-0.25, -0.2) is 10.4 Å².